The molecule has 0 saturated heterocycles. The van der Waals surface area contributed by atoms with Crippen LogP contribution in [0, 0.1) is 0 Å². The summed E-state index contributed by atoms with van der Waals surface area (Å²) in [7, 11) is -3.31. The Morgan fingerprint density at radius 3 is 2.66 bits per heavy atom. The van der Waals surface area contributed by atoms with E-state index in [0.29, 0.717) is 32.8 Å². The van der Waals surface area contributed by atoms with E-state index in [1.54, 1.807) is 40.5 Å². The maximum atomic E-state index is 13.2. The van der Waals surface area contributed by atoms with Gasteiger partial charge in [-0.05, 0) is 48.2 Å². The van der Waals surface area contributed by atoms with Crippen LogP contribution in [-0.4, -0.2) is 32.1 Å². The topological polar surface area (TPSA) is 67.3 Å². The van der Waals surface area contributed by atoms with Gasteiger partial charge in [0.25, 0.3) is 5.91 Å². The standard InChI is InChI=1S/C19H15ClN2O3S4/c1-29(24,25)13-4-5-14-16(11-13)28-19(21-14)22(9-8-12-3-2-10-26-12)18(23)15-6-7-17(20)27-15/h2-7,10-11H,8-9H2,1H3. The molecule has 0 radical (unpaired) electrons. The molecule has 29 heavy (non-hydrogen) atoms. The molecule has 0 aliphatic carbocycles. The van der Waals surface area contributed by atoms with Gasteiger partial charge in [-0.15, -0.1) is 22.7 Å². The smallest absolute Gasteiger partial charge is 0.270 e. The summed E-state index contributed by atoms with van der Waals surface area (Å²) < 4.78 is 25.0. The second-order valence-corrected chi connectivity index (χ2v) is 12.1. The average molecular weight is 483 g/mol. The first kappa shape index (κ1) is 20.5. The summed E-state index contributed by atoms with van der Waals surface area (Å²) in [6.45, 7) is 0.466. The number of hydrogen-bond donors (Lipinski definition) is 0. The average Bonchev–Trinajstić information content (AvgIpc) is 3.40. The van der Waals surface area contributed by atoms with E-state index >= 15 is 0 Å². The van der Waals surface area contributed by atoms with E-state index in [1.807, 2.05) is 17.5 Å². The number of fused-ring (bicyclic) bond motifs is 1. The molecule has 150 valence electrons. The van der Waals surface area contributed by atoms with Gasteiger partial charge in [-0.2, -0.15) is 0 Å². The third-order valence-corrected chi connectivity index (χ3v) is 8.51. The van der Waals surface area contributed by atoms with Crippen LogP contribution in [0.15, 0.2) is 52.7 Å². The number of halogens is 1. The van der Waals surface area contributed by atoms with Crippen molar-refractivity contribution in [2.45, 2.75) is 11.3 Å². The first-order chi connectivity index (χ1) is 13.8. The van der Waals surface area contributed by atoms with E-state index in [1.165, 1.54) is 39.9 Å². The highest BCUT2D eigenvalue weighted by atomic mass is 35.5. The van der Waals surface area contributed by atoms with Gasteiger partial charge in [-0.3, -0.25) is 9.69 Å². The number of carbonyl (C=O) groups is 1. The van der Waals surface area contributed by atoms with Crippen LogP contribution in [0.5, 0.6) is 0 Å². The molecule has 0 aliphatic heterocycles. The molecule has 0 aliphatic rings. The molecule has 0 unspecified atom stereocenters. The number of amides is 1. The van der Waals surface area contributed by atoms with Crippen molar-refractivity contribution in [2.24, 2.45) is 0 Å². The first-order valence-corrected chi connectivity index (χ1v) is 13.3. The van der Waals surface area contributed by atoms with Gasteiger partial charge >= 0.3 is 0 Å². The van der Waals surface area contributed by atoms with Crippen LogP contribution < -0.4 is 4.90 Å². The SMILES string of the molecule is CS(=O)(=O)c1ccc2nc(N(CCc3cccs3)C(=O)c3ccc(Cl)s3)sc2c1. The lowest BCUT2D eigenvalue weighted by atomic mass is 10.3. The second kappa shape index (κ2) is 8.16. The number of rotatable bonds is 6. The fraction of sp³-hybridized carbons (Fsp3) is 0.158. The molecule has 0 spiro atoms. The lowest BCUT2D eigenvalue weighted by Gasteiger charge is -2.18. The van der Waals surface area contributed by atoms with Crippen molar-refractivity contribution in [3.8, 4) is 0 Å². The largest absolute Gasteiger partial charge is 0.283 e. The zero-order valence-corrected chi connectivity index (χ0v) is 19.2. The third-order valence-electron chi connectivity index (χ3n) is 4.20. The Hall–Kier alpha value is -1.78. The Morgan fingerprint density at radius 1 is 1.17 bits per heavy atom. The molecule has 4 aromatic rings. The van der Waals surface area contributed by atoms with Crippen molar-refractivity contribution in [3.63, 3.8) is 0 Å². The Morgan fingerprint density at radius 2 is 2.00 bits per heavy atom. The molecule has 0 N–H and O–H groups in total. The second-order valence-electron chi connectivity index (χ2n) is 6.29. The Balaban J connectivity index is 1.72. The van der Waals surface area contributed by atoms with E-state index in [2.05, 4.69) is 4.98 Å². The predicted molar refractivity (Wildman–Crippen MR) is 122 cm³/mol. The van der Waals surface area contributed by atoms with Gasteiger partial charge in [0.2, 0.25) is 0 Å². The number of benzene rings is 1. The van der Waals surface area contributed by atoms with Crippen LogP contribution in [0.4, 0.5) is 5.13 Å². The molecule has 4 rings (SSSR count). The van der Waals surface area contributed by atoms with Gasteiger partial charge in [0.15, 0.2) is 15.0 Å². The molecule has 0 bridgehead atoms. The summed E-state index contributed by atoms with van der Waals surface area (Å²) in [5.74, 6) is -0.166. The van der Waals surface area contributed by atoms with Crippen molar-refractivity contribution >= 4 is 76.7 Å². The number of anilines is 1. The number of nitrogens with zero attached hydrogens (tertiary/aromatic N) is 2. The fourth-order valence-electron chi connectivity index (χ4n) is 2.76. The van der Waals surface area contributed by atoms with Gasteiger partial charge in [-0.1, -0.05) is 29.0 Å². The minimum absolute atomic E-state index is 0.166. The molecule has 1 amide bonds. The molecule has 3 aromatic heterocycles. The van der Waals surface area contributed by atoms with Crippen molar-refractivity contribution in [1.82, 2.24) is 4.98 Å². The predicted octanol–water partition coefficient (Wildman–Crippen LogP) is 5.37. The maximum absolute atomic E-state index is 13.2. The normalized spacial score (nSPS) is 11.8. The molecule has 3 heterocycles. The van der Waals surface area contributed by atoms with Gasteiger partial charge in [0.05, 0.1) is 24.3 Å². The highest BCUT2D eigenvalue weighted by Gasteiger charge is 2.23. The summed E-state index contributed by atoms with van der Waals surface area (Å²) >= 11 is 10.2. The number of thiophene rings is 2. The molecule has 10 heteroatoms. The van der Waals surface area contributed by atoms with Crippen molar-refractivity contribution in [3.05, 3.63) is 61.9 Å². The molecule has 1 aromatic carbocycles. The van der Waals surface area contributed by atoms with Crippen molar-refractivity contribution < 1.29 is 13.2 Å². The lowest BCUT2D eigenvalue weighted by Crippen LogP contribution is -2.32. The summed E-state index contributed by atoms with van der Waals surface area (Å²) in [6, 6.07) is 12.3. The summed E-state index contributed by atoms with van der Waals surface area (Å²) in [6.07, 6.45) is 1.88. The Bertz CT molecular complexity index is 1280. The van der Waals surface area contributed by atoms with Crippen molar-refractivity contribution in [2.75, 3.05) is 17.7 Å². The quantitative estimate of drug-likeness (QED) is 0.370. The number of sulfone groups is 1. The van der Waals surface area contributed by atoms with Crippen LogP contribution >= 0.6 is 45.6 Å². The van der Waals surface area contributed by atoms with E-state index in [-0.39, 0.29) is 10.8 Å². The molecule has 0 atom stereocenters. The number of hydrogen-bond acceptors (Lipinski definition) is 7. The van der Waals surface area contributed by atoms with E-state index < -0.39 is 9.84 Å². The van der Waals surface area contributed by atoms with Gasteiger partial charge in [0, 0.05) is 17.7 Å². The molecule has 0 fully saturated rings. The van der Waals surface area contributed by atoms with E-state index in [4.69, 9.17) is 11.6 Å². The fourth-order valence-corrected chi connectivity index (χ4v) is 6.20. The Labute approximate surface area is 185 Å². The van der Waals surface area contributed by atoms with Crippen LogP contribution in [0.25, 0.3) is 10.2 Å². The number of carbonyl (C=O) groups excluding carboxylic acids is 1. The van der Waals surface area contributed by atoms with Crippen LogP contribution in [0.3, 0.4) is 0 Å². The molecule has 0 saturated carbocycles. The van der Waals surface area contributed by atoms with Crippen molar-refractivity contribution in [1.29, 1.82) is 0 Å². The number of aromatic nitrogens is 1. The highest BCUT2D eigenvalue weighted by molar-refractivity contribution is 7.90. The van der Waals surface area contributed by atoms with Crippen LogP contribution in [0.1, 0.15) is 14.5 Å². The lowest BCUT2D eigenvalue weighted by molar-refractivity contribution is 0.0991. The first-order valence-electron chi connectivity index (χ1n) is 8.51. The minimum atomic E-state index is -3.31. The summed E-state index contributed by atoms with van der Waals surface area (Å²) in [5.41, 5.74) is 0.663. The third kappa shape index (κ3) is 4.54. The van der Waals surface area contributed by atoms with Crippen LogP contribution in [0.2, 0.25) is 4.34 Å². The maximum Gasteiger partial charge on any atom is 0.270 e. The monoisotopic (exact) mass is 482 g/mol. The summed E-state index contributed by atoms with van der Waals surface area (Å²) in [5, 5.41) is 2.54. The van der Waals surface area contributed by atoms with E-state index in [9.17, 15) is 13.2 Å². The number of thiazole rings is 1. The van der Waals surface area contributed by atoms with Gasteiger partial charge < -0.3 is 0 Å². The van der Waals surface area contributed by atoms with Gasteiger partial charge in [0.1, 0.15) is 0 Å². The Kier molecular flexibility index (Phi) is 5.76. The minimum Gasteiger partial charge on any atom is -0.283 e. The van der Waals surface area contributed by atoms with E-state index in [0.717, 1.165) is 4.70 Å². The molecular weight excluding hydrogens is 468 g/mol. The zero-order chi connectivity index (χ0) is 20.6. The highest BCUT2D eigenvalue weighted by Crippen LogP contribution is 2.33. The van der Waals surface area contributed by atoms with Crippen LogP contribution in [-0.2, 0) is 16.3 Å². The van der Waals surface area contributed by atoms with Gasteiger partial charge in [-0.25, -0.2) is 13.4 Å². The zero-order valence-electron chi connectivity index (χ0n) is 15.2. The summed E-state index contributed by atoms with van der Waals surface area (Å²) in [4.78, 5) is 21.4. The molecular formula is C19H15ClN2O3S4. The molecule has 5 nitrogen and oxygen atoms in total.